The first-order valence-corrected chi connectivity index (χ1v) is 7.60. The molecule has 0 radical (unpaired) electrons. The third kappa shape index (κ3) is 2.18. The van der Waals surface area contributed by atoms with Crippen LogP contribution in [0, 0.1) is 11.8 Å². The fraction of sp³-hybridized carbons (Fsp3) is 0.467. The lowest BCUT2D eigenvalue weighted by atomic mass is 9.98. The Morgan fingerprint density at radius 1 is 1.27 bits per heavy atom. The van der Waals surface area contributed by atoms with Crippen molar-refractivity contribution in [1.82, 2.24) is 25.1 Å². The summed E-state index contributed by atoms with van der Waals surface area (Å²) in [5, 5.41) is 11.1. The molecule has 0 bridgehead atoms. The second kappa shape index (κ2) is 5.17. The van der Waals surface area contributed by atoms with Crippen LogP contribution in [0.1, 0.15) is 23.2 Å². The van der Waals surface area contributed by atoms with Crippen LogP contribution in [0.25, 0.3) is 5.69 Å². The number of benzene rings is 1. The quantitative estimate of drug-likeness (QED) is 0.870. The number of hydrogen-bond donors (Lipinski definition) is 1. The summed E-state index contributed by atoms with van der Waals surface area (Å²) in [6.45, 7) is 1.60. The van der Waals surface area contributed by atoms with Crippen LogP contribution in [-0.2, 0) is 0 Å². The Bertz CT molecular complexity index is 685. The van der Waals surface area contributed by atoms with Crippen LogP contribution in [-0.4, -0.2) is 50.1 Å². The summed E-state index contributed by atoms with van der Waals surface area (Å²) in [7, 11) is 0. The van der Waals surface area contributed by atoms with E-state index < -0.39 is 0 Å². The van der Waals surface area contributed by atoms with Crippen LogP contribution in [0.3, 0.4) is 0 Å². The lowest BCUT2D eigenvalue weighted by molar-refractivity contribution is 0.0779. The maximum Gasteiger partial charge on any atom is 0.253 e. The van der Waals surface area contributed by atoms with E-state index in [1.807, 2.05) is 29.2 Å². The molecule has 3 atom stereocenters. The summed E-state index contributed by atoms with van der Waals surface area (Å²) in [6, 6.07) is 7.64. The zero-order chi connectivity index (χ0) is 15.1. The van der Waals surface area contributed by atoms with Gasteiger partial charge in [0.25, 0.3) is 5.91 Å². The molecule has 2 aliphatic rings. The largest absolute Gasteiger partial charge is 0.338 e. The van der Waals surface area contributed by atoms with E-state index in [0.29, 0.717) is 17.4 Å². The summed E-state index contributed by atoms with van der Waals surface area (Å²) in [6.07, 6.45) is 3.75. The molecule has 1 amide bonds. The molecule has 2 fully saturated rings. The van der Waals surface area contributed by atoms with Crippen molar-refractivity contribution in [2.75, 3.05) is 13.1 Å². The molecule has 1 saturated heterocycles. The van der Waals surface area contributed by atoms with E-state index in [4.69, 9.17) is 5.73 Å². The summed E-state index contributed by atoms with van der Waals surface area (Å²) in [5.74, 6) is 1.10. The van der Waals surface area contributed by atoms with Gasteiger partial charge < -0.3 is 10.6 Å². The lowest BCUT2D eigenvalue weighted by Crippen LogP contribution is -2.33. The second-order valence-electron chi connectivity index (χ2n) is 6.18. The minimum Gasteiger partial charge on any atom is -0.338 e. The van der Waals surface area contributed by atoms with Crippen LogP contribution in [0.4, 0.5) is 0 Å². The van der Waals surface area contributed by atoms with Gasteiger partial charge in [0.05, 0.1) is 5.69 Å². The standard InChI is InChI=1S/C15H18N6O/c16-14-5-4-11-7-20(8-13(11)14)15(22)10-2-1-3-12(6-10)21-9-17-18-19-21/h1-3,6,9,11,13-14H,4-5,7-8,16H2. The van der Waals surface area contributed by atoms with Crippen molar-refractivity contribution in [3.05, 3.63) is 36.2 Å². The third-order valence-electron chi connectivity index (χ3n) is 4.91. The molecule has 4 rings (SSSR count). The highest BCUT2D eigenvalue weighted by Gasteiger charge is 2.42. The number of amides is 1. The van der Waals surface area contributed by atoms with Crippen molar-refractivity contribution < 1.29 is 4.79 Å². The molecular weight excluding hydrogens is 280 g/mol. The summed E-state index contributed by atoms with van der Waals surface area (Å²) >= 11 is 0. The number of fused-ring (bicyclic) bond motifs is 1. The maximum atomic E-state index is 12.7. The smallest absolute Gasteiger partial charge is 0.253 e. The Morgan fingerprint density at radius 2 is 2.18 bits per heavy atom. The molecule has 1 saturated carbocycles. The highest BCUT2D eigenvalue weighted by Crippen LogP contribution is 2.37. The predicted octanol–water partition coefficient (Wildman–Crippen LogP) is 0.472. The molecule has 1 aliphatic carbocycles. The number of nitrogens with zero attached hydrogens (tertiary/aromatic N) is 5. The van der Waals surface area contributed by atoms with Gasteiger partial charge in [0.2, 0.25) is 0 Å². The molecular formula is C15H18N6O. The molecule has 2 heterocycles. The third-order valence-corrected chi connectivity index (χ3v) is 4.91. The number of nitrogens with two attached hydrogens (primary N) is 1. The van der Waals surface area contributed by atoms with E-state index in [9.17, 15) is 4.79 Å². The first-order valence-electron chi connectivity index (χ1n) is 7.60. The highest BCUT2D eigenvalue weighted by molar-refractivity contribution is 5.95. The van der Waals surface area contributed by atoms with Crippen molar-refractivity contribution in [2.45, 2.75) is 18.9 Å². The summed E-state index contributed by atoms with van der Waals surface area (Å²) in [5.41, 5.74) is 7.60. The molecule has 7 heteroatoms. The fourth-order valence-corrected chi connectivity index (χ4v) is 3.72. The van der Waals surface area contributed by atoms with Crippen LogP contribution < -0.4 is 5.73 Å². The Kier molecular flexibility index (Phi) is 3.15. The van der Waals surface area contributed by atoms with Gasteiger partial charge in [0, 0.05) is 24.7 Å². The van der Waals surface area contributed by atoms with Crippen LogP contribution >= 0.6 is 0 Å². The first-order chi connectivity index (χ1) is 10.7. The van der Waals surface area contributed by atoms with E-state index in [-0.39, 0.29) is 11.9 Å². The second-order valence-corrected chi connectivity index (χ2v) is 6.18. The fourth-order valence-electron chi connectivity index (χ4n) is 3.72. The number of rotatable bonds is 2. The van der Waals surface area contributed by atoms with E-state index >= 15 is 0 Å². The minimum absolute atomic E-state index is 0.0662. The molecule has 22 heavy (non-hydrogen) atoms. The maximum absolute atomic E-state index is 12.7. The molecule has 114 valence electrons. The normalized spacial score (nSPS) is 27.1. The topological polar surface area (TPSA) is 89.9 Å². The zero-order valence-electron chi connectivity index (χ0n) is 12.2. The SMILES string of the molecule is NC1CCC2CN(C(=O)c3cccc(-n4cnnn4)c3)CC12. The molecule has 0 spiro atoms. The molecule has 7 nitrogen and oxygen atoms in total. The highest BCUT2D eigenvalue weighted by atomic mass is 16.2. The molecule has 1 aliphatic heterocycles. The van der Waals surface area contributed by atoms with Crippen molar-refractivity contribution in [3.8, 4) is 5.69 Å². The van der Waals surface area contributed by atoms with Crippen molar-refractivity contribution in [1.29, 1.82) is 0 Å². The average molecular weight is 298 g/mol. The summed E-state index contributed by atoms with van der Waals surface area (Å²) in [4.78, 5) is 14.7. The molecule has 2 N–H and O–H groups in total. The van der Waals surface area contributed by atoms with Gasteiger partial charge >= 0.3 is 0 Å². The van der Waals surface area contributed by atoms with Gasteiger partial charge in [-0.05, 0) is 53.3 Å². The van der Waals surface area contributed by atoms with Crippen LogP contribution in [0.5, 0.6) is 0 Å². The van der Waals surface area contributed by atoms with E-state index in [1.165, 1.54) is 6.33 Å². The van der Waals surface area contributed by atoms with Gasteiger partial charge in [-0.1, -0.05) is 6.07 Å². The van der Waals surface area contributed by atoms with E-state index in [2.05, 4.69) is 15.5 Å². The number of hydrogen-bond acceptors (Lipinski definition) is 5. The number of likely N-dealkylation sites (tertiary alicyclic amines) is 1. The Hall–Kier alpha value is -2.28. The number of tetrazole rings is 1. The number of carbonyl (C=O) groups is 1. The molecule has 1 aromatic heterocycles. The number of aromatic nitrogens is 4. The van der Waals surface area contributed by atoms with Crippen LogP contribution in [0.2, 0.25) is 0 Å². The predicted molar refractivity (Wildman–Crippen MR) is 79.2 cm³/mol. The Morgan fingerprint density at radius 3 is 2.95 bits per heavy atom. The monoisotopic (exact) mass is 298 g/mol. The first kappa shape index (κ1) is 13.4. The van der Waals surface area contributed by atoms with Crippen molar-refractivity contribution >= 4 is 5.91 Å². The average Bonchev–Trinajstić information content (AvgIpc) is 3.25. The Balaban J connectivity index is 1.55. The Labute approximate surface area is 128 Å². The van der Waals surface area contributed by atoms with Crippen molar-refractivity contribution in [2.24, 2.45) is 17.6 Å². The van der Waals surface area contributed by atoms with Gasteiger partial charge in [-0.3, -0.25) is 4.79 Å². The van der Waals surface area contributed by atoms with Gasteiger partial charge in [0.15, 0.2) is 0 Å². The van der Waals surface area contributed by atoms with Crippen LogP contribution in [0.15, 0.2) is 30.6 Å². The molecule has 2 aromatic rings. The van der Waals surface area contributed by atoms with Gasteiger partial charge in [0.1, 0.15) is 6.33 Å². The molecule has 1 aromatic carbocycles. The van der Waals surface area contributed by atoms with E-state index in [0.717, 1.165) is 31.6 Å². The lowest BCUT2D eigenvalue weighted by Gasteiger charge is -2.19. The summed E-state index contributed by atoms with van der Waals surface area (Å²) < 4.78 is 1.55. The van der Waals surface area contributed by atoms with E-state index in [1.54, 1.807) is 4.68 Å². The van der Waals surface area contributed by atoms with Gasteiger partial charge in [-0.2, -0.15) is 0 Å². The minimum atomic E-state index is 0.0662. The van der Waals surface area contributed by atoms with Gasteiger partial charge in [-0.25, -0.2) is 4.68 Å². The van der Waals surface area contributed by atoms with Crippen molar-refractivity contribution in [3.63, 3.8) is 0 Å². The zero-order valence-corrected chi connectivity index (χ0v) is 12.2. The number of carbonyl (C=O) groups excluding carboxylic acids is 1. The molecule has 3 unspecified atom stereocenters. The van der Waals surface area contributed by atoms with Gasteiger partial charge in [-0.15, -0.1) is 5.10 Å².